The quantitative estimate of drug-likeness (QED) is 0.141. The molecule has 0 bridgehead atoms. The Morgan fingerprint density at radius 2 is 1.73 bits per heavy atom. The second kappa shape index (κ2) is 15.6. The molecule has 4 aromatic rings. The van der Waals surface area contributed by atoms with Gasteiger partial charge in [0.15, 0.2) is 5.82 Å². The molecule has 1 saturated heterocycles. The number of carboxylic acids is 1. The number of para-hydroxylation sites is 1. The van der Waals surface area contributed by atoms with Crippen LogP contribution in [0.15, 0.2) is 73.2 Å². The number of nitrogens with zero attached hydrogens (tertiary/aromatic N) is 6. The Labute approximate surface area is 276 Å². The van der Waals surface area contributed by atoms with E-state index < -0.39 is 31.8 Å². The number of nitrogens with one attached hydrogen (secondary N) is 3. The summed E-state index contributed by atoms with van der Waals surface area (Å²) in [5.74, 6) is -0.360. The molecule has 4 heterocycles. The zero-order valence-corrected chi connectivity index (χ0v) is 27.2. The number of likely N-dealkylation sites (tertiary alicyclic amines) is 1. The van der Waals surface area contributed by atoms with Crippen molar-refractivity contribution in [3.05, 3.63) is 78.8 Å². The number of urea groups is 1. The summed E-state index contributed by atoms with van der Waals surface area (Å²) in [5, 5.41) is 25.3. The van der Waals surface area contributed by atoms with Gasteiger partial charge in [0.2, 0.25) is 0 Å². The van der Waals surface area contributed by atoms with Crippen LogP contribution in [-0.2, 0) is 13.9 Å². The number of carbonyl (C=O) groups is 3. The summed E-state index contributed by atoms with van der Waals surface area (Å²) >= 11 is 0. The van der Waals surface area contributed by atoms with E-state index in [9.17, 15) is 24.1 Å². The van der Waals surface area contributed by atoms with Crippen molar-refractivity contribution in [1.82, 2.24) is 34.7 Å². The summed E-state index contributed by atoms with van der Waals surface area (Å²) in [6.07, 6.45) is 5.96. The highest BCUT2D eigenvalue weighted by Crippen LogP contribution is 2.45. The Balaban J connectivity index is 1.24. The zero-order chi connectivity index (χ0) is 34.1. The predicted molar refractivity (Wildman–Crippen MR) is 175 cm³/mol. The van der Waals surface area contributed by atoms with Gasteiger partial charge < -0.3 is 19.1 Å². The highest BCUT2D eigenvalue weighted by molar-refractivity contribution is 7.52. The van der Waals surface area contributed by atoms with Gasteiger partial charge in [-0.1, -0.05) is 24.3 Å². The first-order chi connectivity index (χ1) is 23.1. The number of aromatic nitrogens is 5. The molecule has 252 valence electrons. The second-order valence-electron chi connectivity index (χ2n) is 11.1. The van der Waals surface area contributed by atoms with Crippen molar-refractivity contribution in [1.29, 1.82) is 0 Å². The third kappa shape index (κ3) is 9.00. The third-order valence-electron chi connectivity index (χ3n) is 7.34. The maximum atomic E-state index is 13.6. The number of aliphatic carboxylic acids is 1. The topological polar surface area (TPSA) is 203 Å². The minimum atomic E-state index is -4.14. The molecule has 0 aliphatic carbocycles. The molecular formula is C31H36N9O7P. The first-order valence-electron chi connectivity index (χ1n) is 15.3. The minimum Gasteiger partial charge on any atom is -0.480 e. The average Bonchev–Trinajstić information content (AvgIpc) is 3.58. The largest absolute Gasteiger partial charge is 0.480 e. The summed E-state index contributed by atoms with van der Waals surface area (Å²) in [6, 6.07) is 14.0. The van der Waals surface area contributed by atoms with Crippen LogP contribution < -0.4 is 20.2 Å². The van der Waals surface area contributed by atoms with Crippen LogP contribution in [0.3, 0.4) is 0 Å². The smallest absolute Gasteiger partial charge is 0.459 e. The van der Waals surface area contributed by atoms with Crippen molar-refractivity contribution in [3.63, 3.8) is 0 Å². The summed E-state index contributed by atoms with van der Waals surface area (Å²) < 4.78 is 26.5. The lowest BCUT2D eigenvalue weighted by molar-refractivity contribution is -0.138. The monoisotopic (exact) mass is 677 g/mol. The van der Waals surface area contributed by atoms with Crippen molar-refractivity contribution in [2.45, 2.75) is 45.2 Å². The molecule has 4 N–H and O–H groups in total. The first-order valence-corrected chi connectivity index (χ1v) is 16.8. The zero-order valence-electron chi connectivity index (χ0n) is 26.4. The Morgan fingerprint density at radius 1 is 0.979 bits per heavy atom. The van der Waals surface area contributed by atoms with Gasteiger partial charge in [-0.05, 0) is 69.5 Å². The van der Waals surface area contributed by atoms with E-state index in [4.69, 9.17) is 9.05 Å². The number of carboxylic acid groups (broad SMARTS) is 1. The molecule has 1 aromatic carbocycles. The van der Waals surface area contributed by atoms with Gasteiger partial charge >= 0.3 is 19.7 Å². The number of hydrogen-bond acceptors (Lipinski definition) is 10. The van der Waals surface area contributed by atoms with E-state index in [0.717, 1.165) is 19.3 Å². The number of piperidine rings is 1. The fraction of sp³-hybridized carbons (Fsp3) is 0.323. The van der Waals surface area contributed by atoms with E-state index >= 15 is 0 Å². The molecule has 0 spiro atoms. The summed E-state index contributed by atoms with van der Waals surface area (Å²) in [4.78, 5) is 47.6. The Hall–Kier alpha value is -5.18. The van der Waals surface area contributed by atoms with Gasteiger partial charge in [0.1, 0.15) is 35.4 Å². The van der Waals surface area contributed by atoms with Crippen LogP contribution in [0.2, 0.25) is 0 Å². The average molecular weight is 678 g/mol. The molecule has 0 saturated carbocycles. The fourth-order valence-corrected chi connectivity index (χ4v) is 6.42. The number of carbonyl (C=O) groups excluding carboxylic acids is 2. The maximum absolute atomic E-state index is 13.6. The van der Waals surface area contributed by atoms with Crippen LogP contribution in [0.25, 0.3) is 11.5 Å². The molecular weight excluding hydrogens is 641 g/mol. The van der Waals surface area contributed by atoms with Gasteiger partial charge in [0.05, 0.1) is 12.6 Å². The van der Waals surface area contributed by atoms with Crippen LogP contribution >= 0.6 is 7.75 Å². The van der Waals surface area contributed by atoms with Gasteiger partial charge in [0, 0.05) is 24.8 Å². The van der Waals surface area contributed by atoms with Gasteiger partial charge in [-0.15, -0.1) is 10.2 Å². The molecule has 3 atom stereocenters. The van der Waals surface area contributed by atoms with Crippen molar-refractivity contribution >= 4 is 37.3 Å². The van der Waals surface area contributed by atoms with Crippen LogP contribution in [0, 0.1) is 0 Å². The minimum absolute atomic E-state index is 0.101. The van der Waals surface area contributed by atoms with E-state index in [1.165, 1.54) is 25.5 Å². The fourth-order valence-electron chi connectivity index (χ4n) is 4.84. The van der Waals surface area contributed by atoms with Gasteiger partial charge in [-0.3, -0.25) is 24.7 Å². The van der Waals surface area contributed by atoms with Crippen LogP contribution in [-0.4, -0.2) is 78.4 Å². The summed E-state index contributed by atoms with van der Waals surface area (Å²) in [5.41, 5.74) is 0.806. The first kappa shape index (κ1) is 34.2. The van der Waals surface area contributed by atoms with Gasteiger partial charge in [0.25, 0.3) is 5.91 Å². The molecule has 3 amide bonds. The SMILES string of the molecule is CC(NP(=O)(OCC(C)n1cnnc1-c1cccc(NC(=O)Nc2cc(C(=O)N3CCCCC3)ccn2)n1)Oc1ccccc1)C(=O)O. The number of hydrogen-bond donors (Lipinski definition) is 4. The number of anilines is 2. The Bertz CT molecular complexity index is 1780. The molecule has 48 heavy (non-hydrogen) atoms. The number of rotatable bonds is 13. The number of amides is 3. The third-order valence-corrected chi connectivity index (χ3v) is 8.98. The van der Waals surface area contributed by atoms with Crippen molar-refractivity contribution in [3.8, 4) is 17.3 Å². The van der Waals surface area contributed by atoms with Gasteiger partial charge in [-0.2, -0.15) is 5.09 Å². The molecule has 5 rings (SSSR count). The van der Waals surface area contributed by atoms with Crippen LogP contribution in [0.4, 0.5) is 16.4 Å². The highest BCUT2D eigenvalue weighted by Gasteiger charge is 2.32. The van der Waals surface area contributed by atoms with Crippen LogP contribution in [0.1, 0.15) is 49.5 Å². The molecule has 3 unspecified atom stereocenters. The molecule has 3 aromatic heterocycles. The molecule has 0 radical (unpaired) electrons. The molecule has 1 aliphatic heterocycles. The summed E-state index contributed by atoms with van der Waals surface area (Å²) in [6.45, 7) is 4.32. The lowest BCUT2D eigenvalue weighted by Gasteiger charge is -2.26. The van der Waals surface area contributed by atoms with Crippen molar-refractivity contribution < 1.29 is 33.1 Å². The lowest BCUT2D eigenvalue weighted by atomic mass is 10.1. The van der Waals surface area contributed by atoms with Crippen molar-refractivity contribution in [2.24, 2.45) is 0 Å². The normalized spacial score (nSPS) is 15.5. The predicted octanol–water partition coefficient (Wildman–Crippen LogP) is 4.83. The molecule has 1 aliphatic rings. The lowest BCUT2D eigenvalue weighted by Crippen LogP contribution is -2.35. The van der Waals surface area contributed by atoms with E-state index in [-0.39, 0.29) is 29.9 Å². The van der Waals surface area contributed by atoms with E-state index in [2.05, 4.69) is 35.9 Å². The van der Waals surface area contributed by atoms with E-state index in [1.54, 1.807) is 71.0 Å². The summed E-state index contributed by atoms with van der Waals surface area (Å²) in [7, 11) is -4.14. The number of benzene rings is 1. The molecule has 16 nitrogen and oxygen atoms in total. The van der Waals surface area contributed by atoms with Crippen molar-refractivity contribution in [2.75, 3.05) is 30.3 Å². The Kier molecular flexibility index (Phi) is 11.1. The Morgan fingerprint density at radius 3 is 2.48 bits per heavy atom. The van der Waals surface area contributed by atoms with Crippen LogP contribution in [0.5, 0.6) is 5.75 Å². The van der Waals surface area contributed by atoms with E-state index in [1.807, 2.05) is 0 Å². The van der Waals surface area contributed by atoms with E-state index in [0.29, 0.717) is 30.2 Å². The standard InChI is InChI=1S/C31H36N9O7P/c1-21(19-46-48(45,38-22(2)30(42)43)47-24-10-5-3-6-11-24)40-20-33-37-28(40)25-12-9-13-26(34-25)35-31(44)36-27-18-23(14-15-32-27)29(41)39-16-7-4-8-17-39/h3,5-6,9-15,18,20-22H,4,7-8,16-17,19H2,1-2H3,(H,38,45)(H,42,43)(H2,32,34,35,36,44). The molecule has 1 fully saturated rings. The second-order valence-corrected chi connectivity index (χ2v) is 12.8. The van der Waals surface area contributed by atoms with Gasteiger partial charge in [-0.25, -0.2) is 19.3 Å². The number of pyridine rings is 2. The molecule has 17 heteroatoms. The highest BCUT2D eigenvalue weighted by atomic mass is 31.2. The maximum Gasteiger partial charge on any atom is 0.459 e.